The van der Waals surface area contributed by atoms with Crippen molar-refractivity contribution >= 4 is 5.91 Å². The van der Waals surface area contributed by atoms with Crippen molar-refractivity contribution in [3.8, 4) is 0 Å². The molecule has 5 heteroatoms. The quantitative estimate of drug-likeness (QED) is 0.334. The first kappa shape index (κ1) is 29.2. The Bertz CT molecular complexity index is 431. The van der Waals surface area contributed by atoms with Gasteiger partial charge in [0.05, 0.1) is 29.8 Å². The Labute approximate surface area is 183 Å². The van der Waals surface area contributed by atoms with E-state index in [1.54, 1.807) is 0 Å². The van der Waals surface area contributed by atoms with Crippen LogP contribution in [0.2, 0.25) is 0 Å². The molecule has 162 valence electrons. The Morgan fingerprint density at radius 3 is 1.96 bits per heavy atom. The first-order valence-electron chi connectivity index (χ1n) is 10.0. The number of carbonyl (C=O) groups excluding carboxylic acids is 1. The molecule has 0 fully saturated rings. The van der Waals surface area contributed by atoms with E-state index in [-0.39, 0.29) is 55.7 Å². The summed E-state index contributed by atoms with van der Waals surface area (Å²) in [6.45, 7) is 23.6. The van der Waals surface area contributed by atoms with Crippen molar-refractivity contribution < 1.29 is 35.3 Å². The van der Waals surface area contributed by atoms with Gasteiger partial charge in [-0.05, 0) is 68.2 Å². The van der Waals surface area contributed by atoms with Crippen LogP contribution in [0.15, 0.2) is 0 Å². The van der Waals surface area contributed by atoms with Crippen LogP contribution in [0.25, 0.3) is 0 Å². The van der Waals surface area contributed by atoms with Gasteiger partial charge in [-0.1, -0.05) is 19.3 Å². The Morgan fingerprint density at radius 1 is 1.00 bits per heavy atom. The summed E-state index contributed by atoms with van der Waals surface area (Å²) >= 11 is 0. The van der Waals surface area contributed by atoms with Crippen LogP contribution in [-0.2, 0) is 35.3 Å². The van der Waals surface area contributed by atoms with Gasteiger partial charge in [0.1, 0.15) is 0 Å². The fourth-order valence-electron chi connectivity index (χ4n) is 3.72. The van der Waals surface area contributed by atoms with Gasteiger partial charge in [0.25, 0.3) is 0 Å². The normalized spacial score (nSPS) is 12.9. The van der Waals surface area contributed by atoms with E-state index in [0.717, 1.165) is 25.2 Å². The SMILES string of the molecule is C[C-](CC(C)(C)CC(C)(C)OCCC(C)(C)OC(C)C)C(=O)NC(C)C.[W]. The first-order valence-corrected chi connectivity index (χ1v) is 10.0. The van der Waals surface area contributed by atoms with Crippen LogP contribution in [-0.4, -0.2) is 35.9 Å². The fraction of sp³-hybridized carbons (Fsp3) is 0.909. The van der Waals surface area contributed by atoms with E-state index in [9.17, 15) is 4.79 Å². The zero-order valence-corrected chi connectivity index (χ0v) is 22.5. The first-order chi connectivity index (χ1) is 11.6. The standard InChI is InChI=1S/C22H44NO3.W/c1-16(2)23-19(24)18(5)14-20(6,7)15-22(10,11)25-13-12-21(8,9)26-17(3)4;/h16-17H,12-15H2,1-11H3,(H,23,24);/q-1;. The Hall–Kier alpha value is -0.0517. The Morgan fingerprint density at radius 2 is 1.52 bits per heavy atom. The molecule has 0 saturated carbocycles. The van der Waals surface area contributed by atoms with Crippen LogP contribution in [0.1, 0.15) is 95.4 Å². The van der Waals surface area contributed by atoms with E-state index in [0.29, 0.717) is 6.61 Å². The Balaban J connectivity index is 0. The van der Waals surface area contributed by atoms with Crippen LogP contribution < -0.4 is 5.32 Å². The monoisotopic (exact) mass is 554 g/mol. The van der Waals surface area contributed by atoms with Gasteiger partial charge in [-0.15, -0.1) is 0 Å². The van der Waals surface area contributed by atoms with Crippen LogP contribution >= 0.6 is 0 Å². The topological polar surface area (TPSA) is 47.6 Å². The minimum absolute atomic E-state index is 0. The maximum atomic E-state index is 12.2. The van der Waals surface area contributed by atoms with E-state index in [1.165, 1.54) is 0 Å². The second kappa shape index (κ2) is 11.8. The molecule has 0 aliphatic heterocycles. The van der Waals surface area contributed by atoms with Gasteiger partial charge < -0.3 is 19.6 Å². The number of carbonyl (C=O) groups is 1. The number of ether oxygens (including phenoxy) is 2. The van der Waals surface area contributed by atoms with E-state index in [4.69, 9.17) is 9.47 Å². The van der Waals surface area contributed by atoms with Gasteiger partial charge in [0, 0.05) is 27.1 Å². The van der Waals surface area contributed by atoms with Gasteiger partial charge >= 0.3 is 0 Å². The molecule has 0 bridgehead atoms. The van der Waals surface area contributed by atoms with Gasteiger partial charge in [-0.25, -0.2) is 0 Å². The van der Waals surface area contributed by atoms with Crippen molar-refractivity contribution in [2.75, 3.05) is 6.61 Å². The molecule has 0 saturated heterocycles. The van der Waals surface area contributed by atoms with Crippen molar-refractivity contribution in [1.29, 1.82) is 0 Å². The van der Waals surface area contributed by atoms with Crippen molar-refractivity contribution in [2.24, 2.45) is 5.41 Å². The third kappa shape index (κ3) is 14.6. The molecule has 4 nitrogen and oxygen atoms in total. The molecule has 0 aromatic heterocycles. The number of nitrogens with one attached hydrogen (secondary N) is 1. The summed E-state index contributed by atoms with van der Waals surface area (Å²) in [5.74, 6) is 0.936. The molecule has 0 spiro atoms. The summed E-state index contributed by atoms with van der Waals surface area (Å²) < 4.78 is 12.1. The molecule has 0 aliphatic carbocycles. The summed E-state index contributed by atoms with van der Waals surface area (Å²) in [5.41, 5.74) is -0.433. The van der Waals surface area contributed by atoms with Crippen molar-refractivity contribution in [3.05, 3.63) is 5.92 Å². The second-order valence-corrected chi connectivity index (χ2v) is 10.2. The molecular weight excluding hydrogens is 510 g/mol. The van der Waals surface area contributed by atoms with Crippen molar-refractivity contribution in [1.82, 2.24) is 5.32 Å². The molecule has 0 rings (SSSR count). The zero-order chi connectivity index (χ0) is 20.8. The molecule has 0 aromatic carbocycles. The Kier molecular flexibility index (Phi) is 12.8. The summed E-state index contributed by atoms with van der Waals surface area (Å²) in [4.78, 5) is 12.2. The van der Waals surface area contributed by atoms with Crippen LogP contribution in [0.5, 0.6) is 0 Å². The maximum Gasteiger partial charge on any atom is 0.0851 e. The summed E-state index contributed by atoms with van der Waals surface area (Å²) in [6, 6.07) is 0.164. The van der Waals surface area contributed by atoms with Crippen molar-refractivity contribution in [2.45, 2.75) is 119 Å². The smallest absolute Gasteiger partial charge is 0.0851 e. The van der Waals surface area contributed by atoms with Crippen LogP contribution in [0, 0.1) is 11.3 Å². The van der Waals surface area contributed by atoms with Crippen LogP contribution in [0.4, 0.5) is 0 Å². The average Bonchev–Trinajstić information content (AvgIpc) is 2.32. The molecule has 0 radical (unpaired) electrons. The second-order valence-electron chi connectivity index (χ2n) is 10.2. The van der Waals surface area contributed by atoms with Gasteiger partial charge in [0.15, 0.2) is 0 Å². The molecule has 0 atom stereocenters. The summed E-state index contributed by atoms with van der Waals surface area (Å²) in [5, 5.41) is 2.97. The van der Waals surface area contributed by atoms with Crippen LogP contribution in [0.3, 0.4) is 0 Å². The van der Waals surface area contributed by atoms with E-state index in [2.05, 4.69) is 60.7 Å². The minimum atomic E-state index is -0.244. The van der Waals surface area contributed by atoms with Gasteiger partial charge in [-0.2, -0.15) is 13.3 Å². The molecule has 1 amide bonds. The third-order valence-corrected chi connectivity index (χ3v) is 4.21. The summed E-state index contributed by atoms with van der Waals surface area (Å²) in [6.07, 6.45) is 2.72. The maximum absolute atomic E-state index is 12.2. The average molecular weight is 554 g/mol. The molecule has 27 heavy (non-hydrogen) atoms. The van der Waals surface area contributed by atoms with E-state index in [1.807, 2.05) is 20.8 Å². The van der Waals surface area contributed by atoms with E-state index < -0.39 is 0 Å². The predicted octanol–water partition coefficient (Wildman–Crippen LogP) is 5.30. The molecule has 0 heterocycles. The number of hydrogen-bond donors (Lipinski definition) is 1. The predicted molar refractivity (Wildman–Crippen MR) is 110 cm³/mol. The molecule has 0 aliphatic rings. The van der Waals surface area contributed by atoms with Crippen molar-refractivity contribution in [3.63, 3.8) is 0 Å². The number of amides is 1. The van der Waals surface area contributed by atoms with Gasteiger partial charge in [0.2, 0.25) is 0 Å². The largest absolute Gasteiger partial charge is 0.379 e. The molecule has 1 N–H and O–H groups in total. The molecule has 0 unspecified atom stereocenters. The molecule has 0 aromatic rings. The fourth-order valence-corrected chi connectivity index (χ4v) is 3.72. The summed E-state index contributed by atoms with van der Waals surface area (Å²) in [7, 11) is 0. The molecular formula is C22H44NO3W-. The third-order valence-electron chi connectivity index (χ3n) is 4.21. The number of rotatable bonds is 12. The van der Waals surface area contributed by atoms with E-state index >= 15 is 0 Å². The zero-order valence-electron chi connectivity index (χ0n) is 19.6. The minimum Gasteiger partial charge on any atom is -0.379 e. The number of hydrogen-bond acceptors (Lipinski definition) is 3. The van der Waals surface area contributed by atoms with Gasteiger partial charge in [-0.3, -0.25) is 5.92 Å².